The van der Waals surface area contributed by atoms with Gasteiger partial charge < -0.3 is 15.0 Å². The molecule has 2 N–H and O–H groups in total. The predicted molar refractivity (Wildman–Crippen MR) is 122 cm³/mol. The van der Waals surface area contributed by atoms with Crippen molar-refractivity contribution in [3.05, 3.63) is 71.4 Å². The molecule has 0 atom stereocenters. The molecule has 0 bridgehead atoms. The minimum absolute atomic E-state index is 0.000000000000000444. The number of hydrogen-bond acceptors (Lipinski definition) is 3. The lowest BCUT2D eigenvalue weighted by Gasteiger charge is -2.26. The number of hydrogen-bond donors (Lipinski definition) is 2. The van der Waals surface area contributed by atoms with Crippen molar-refractivity contribution in [2.75, 3.05) is 0 Å². The molecule has 164 valence electrons. The van der Waals surface area contributed by atoms with Gasteiger partial charge in [-0.1, -0.05) is 30.7 Å². The van der Waals surface area contributed by atoms with Crippen molar-refractivity contribution in [2.45, 2.75) is 51.1 Å². The topological polar surface area (TPSA) is 95.1 Å². The summed E-state index contributed by atoms with van der Waals surface area (Å²) in [6, 6.07) is 17.9. The Hall–Kier alpha value is -3.59. The maximum Gasteiger partial charge on any atom is 0.306 e. The van der Waals surface area contributed by atoms with Crippen LogP contribution >= 0.6 is 0 Å². The number of nitrogens with one attached hydrogen (secondary N) is 1. The minimum Gasteiger partial charge on any atom is -0.481 e. The maximum atomic E-state index is 12.7. The molecule has 2 saturated carbocycles. The van der Waals surface area contributed by atoms with Crippen molar-refractivity contribution in [3.63, 3.8) is 0 Å². The molecule has 0 unspecified atom stereocenters. The first-order valence-corrected chi connectivity index (χ1v) is 11.2. The Morgan fingerprint density at radius 1 is 1.03 bits per heavy atom. The molecule has 2 aliphatic carbocycles. The number of para-hydroxylation sites is 1. The van der Waals surface area contributed by atoms with Crippen LogP contribution in [-0.2, 0) is 11.3 Å². The van der Waals surface area contributed by atoms with Crippen LogP contribution in [0.25, 0.3) is 10.9 Å². The van der Waals surface area contributed by atoms with E-state index in [1.165, 1.54) is 6.42 Å². The van der Waals surface area contributed by atoms with E-state index in [4.69, 9.17) is 10.4 Å². The fourth-order valence-corrected chi connectivity index (χ4v) is 3.93. The number of carbonyl (C=O) groups excluding carboxylic acids is 1. The Labute approximate surface area is 187 Å². The van der Waals surface area contributed by atoms with Crippen molar-refractivity contribution < 1.29 is 14.7 Å². The van der Waals surface area contributed by atoms with Crippen molar-refractivity contribution in [3.8, 4) is 6.07 Å². The third-order valence-electron chi connectivity index (χ3n) is 6.36. The summed E-state index contributed by atoms with van der Waals surface area (Å²) in [6.45, 7) is 0.670. The van der Waals surface area contributed by atoms with Crippen LogP contribution in [0, 0.1) is 17.2 Å². The maximum absolute atomic E-state index is 12.7. The summed E-state index contributed by atoms with van der Waals surface area (Å²) in [4.78, 5) is 22.7. The van der Waals surface area contributed by atoms with E-state index in [1.54, 1.807) is 0 Å². The van der Waals surface area contributed by atoms with Gasteiger partial charge in [-0.3, -0.25) is 9.59 Å². The van der Waals surface area contributed by atoms with Crippen LogP contribution < -0.4 is 5.32 Å². The summed E-state index contributed by atoms with van der Waals surface area (Å²) in [5.74, 6) is -0.610. The molecule has 6 nitrogen and oxygen atoms in total. The number of fused-ring (bicyclic) bond motifs is 1. The van der Waals surface area contributed by atoms with Gasteiger partial charge >= 0.3 is 5.97 Å². The van der Waals surface area contributed by atoms with Crippen LogP contribution in [0.5, 0.6) is 0 Å². The van der Waals surface area contributed by atoms with Crippen LogP contribution in [0.1, 0.15) is 60.0 Å². The number of aromatic nitrogens is 1. The summed E-state index contributed by atoms with van der Waals surface area (Å²) >= 11 is 0. The molecule has 2 fully saturated rings. The summed E-state index contributed by atoms with van der Waals surface area (Å²) in [6.07, 6.45) is 8.27. The SMILES string of the molecule is N#Cc1ccc(Cn2ccc3cccc(C(=O)NC4CCC4)c32)cc1.O=C(O)C1CCC1. The van der Waals surface area contributed by atoms with Gasteiger partial charge in [0, 0.05) is 24.2 Å². The molecule has 1 amide bonds. The number of benzene rings is 2. The standard InChI is InChI=1S/C21H19N3O.C5H8O2/c22-13-15-7-9-16(10-8-15)14-24-12-11-17-3-1-6-19(20(17)24)21(25)23-18-4-2-5-18;6-5(7)4-2-1-3-4/h1,3,6-12,18H,2,4-5,14H2,(H,23,25);4H,1-3H2,(H,6,7). The molecule has 2 aliphatic rings. The quantitative estimate of drug-likeness (QED) is 0.614. The van der Waals surface area contributed by atoms with Crippen LogP contribution in [0.4, 0.5) is 0 Å². The number of nitrogens with zero attached hydrogens (tertiary/aromatic N) is 2. The Morgan fingerprint density at radius 2 is 1.75 bits per heavy atom. The third-order valence-corrected chi connectivity index (χ3v) is 6.36. The van der Waals surface area contributed by atoms with Gasteiger partial charge in [-0.15, -0.1) is 0 Å². The molecule has 0 saturated heterocycles. The first kappa shape index (κ1) is 21.6. The largest absolute Gasteiger partial charge is 0.481 e. The van der Waals surface area contributed by atoms with Crippen LogP contribution in [0.15, 0.2) is 54.7 Å². The lowest BCUT2D eigenvalue weighted by atomic mass is 9.86. The zero-order chi connectivity index (χ0) is 22.5. The fraction of sp³-hybridized carbons (Fsp3) is 0.346. The van der Waals surface area contributed by atoms with E-state index in [-0.39, 0.29) is 11.8 Å². The van der Waals surface area contributed by atoms with Crippen molar-refractivity contribution in [2.24, 2.45) is 5.92 Å². The summed E-state index contributed by atoms with van der Waals surface area (Å²) < 4.78 is 2.10. The Morgan fingerprint density at radius 3 is 2.28 bits per heavy atom. The number of carbonyl (C=O) groups is 2. The van der Waals surface area contributed by atoms with Crippen LogP contribution in [-0.4, -0.2) is 27.6 Å². The molecule has 0 aliphatic heterocycles. The summed E-state index contributed by atoms with van der Waals surface area (Å²) in [7, 11) is 0. The van der Waals surface area contributed by atoms with Crippen molar-refractivity contribution in [1.29, 1.82) is 5.26 Å². The molecule has 3 aromatic rings. The van der Waals surface area contributed by atoms with E-state index in [1.807, 2.05) is 54.7 Å². The van der Waals surface area contributed by atoms with Gasteiger partial charge in [-0.05, 0) is 61.9 Å². The van der Waals surface area contributed by atoms with Gasteiger partial charge in [0.1, 0.15) is 0 Å². The lowest BCUT2D eigenvalue weighted by Crippen LogP contribution is -2.39. The third kappa shape index (κ3) is 4.83. The Bertz CT molecular complexity index is 1150. The highest BCUT2D eigenvalue weighted by atomic mass is 16.4. The van der Waals surface area contributed by atoms with E-state index < -0.39 is 5.97 Å². The number of amides is 1. The minimum atomic E-state index is -0.619. The predicted octanol–water partition coefficient (Wildman–Crippen LogP) is 4.71. The second-order valence-electron chi connectivity index (χ2n) is 8.56. The van der Waals surface area contributed by atoms with Gasteiger partial charge in [0.15, 0.2) is 0 Å². The van der Waals surface area contributed by atoms with Gasteiger partial charge in [0.05, 0.1) is 28.6 Å². The monoisotopic (exact) mass is 429 g/mol. The highest BCUT2D eigenvalue weighted by molar-refractivity contribution is 6.06. The molecular formula is C26H27N3O3. The van der Waals surface area contributed by atoms with Crippen molar-refractivity contribution >= 4 is 22.8 Å². The average Bonchev–Trinajstić information content (AvgIpc) is 3.13. The van der Waals surface area contributed by atoms with Gasteiger partial charge in [0.2, 0.25) is 0 Å². The first-order valence-electron chi connectivity index (χ1n) is 11.2. The van der Waals surface area contributed by atoms with Gasteiger partial charge in [-0.25, -0.2) is 0 Å². The zero-order valence-corrected chi connectivity index (χ0v) is 18.0. The zero-order valence-electron chi connectivity index (χ0n) is 18.0. The van der Waals surface area contributed by atoms with Crippen molar-refractivity contribution in [1.82, 2.24) is 9.88 Å². The Kier molecular flexibility index (Phi) is 6.55. The smallest absolute Gasteiger partial charge is 0.306 e. The highest BCUT2D eigenvalue weighted by Crippen LogP contribution is 2.26. The first-order chi connectivity index (χ1) is 15.5. The summed E-state index contributed by atoms with van der Waals surface area (Å²) in [5.41, 5.74) is 3.44. The van der Waals surface area contributed by atoms with Gasteiger partial charge in [0.25, 0.3) is 5.91 Å². The number of carboxylic acid groups (broad SMARTS) is 1. The number of nitriles is 1. The van der Waals surface area contributed by atoms with E-state index >= 15 is 0 Å². The fourth-order valence-electron chi connectivity index (χ4n) is 3.93. The average molecular weight is 430 g/mol. The highest BCUT2D eigenvalue weighted by Gasteiger charge is 2.24. The van der Waals surface area contributed by atoms with E-state index in [9.17, 15) is 9.59 Å². The van der Waals surface area contributed by atoms with Crippen LogP contribution in [0.3, 0.4) is 0 Å². The number of carboxylic acids is 1. The molecule has 32 heavy (non-hydrogen) atoms. The lowest BCUT2D eigenvalue weighted by molar-refractivity contribution is -0.144. The number of rotatable bonds is 5. The Balaban J connectivity index is 0.000000300. The molecule has 0 spiro atoms. The second kappa shape index (κ2) is 9.69. The molecule has 1 aromatic heterocycles. The normalized spacial score (nSPS) is 15.6. The second-order valence-corrected chi connectivity index (χ2v) is 8.56. The number of aliphatic carboxylic acids is 1. The molecule has 2 aromatic carbocycles. The summed E-state index contributed by atoms with van der Waals surface area (Å²) in [5, 5.41) is 21.4. The van der Waals surface area contributed by atoms with E-state index in [0.717, 1.165) is 54.1 Å². The van der Waals surface area contributed by atoms with E-state index in [2.05, 4.69) is 16.0 Å². The molecular weight excluding hydrogens is 402 g/mol. The molecule has 0 radical (unpaired) electrons. The molecule has 6 heteroatoms. The van der Waals surface area contributed by atoms with Crippen LogP contribution in [0.2, 0.25) is 0 Å². The molecule has 1 heterocycles. The molecule has 5 rings (SSSR count). The van der Waals surface area contributed by atoms with Gasteiger partial charge in [-0.2, -0.15) is 5.26 Å². The van der Waals surface area contributed by atoms with E-state index in [0.29, 0.717) is 18.2 Å².